The molecule has 5 rings (SSSR count). The molecule has 0 bridgehead atoms. The maximum atomic E-state index is 12.8. The van der Waals surface area contributed by atoms with Crippen LogP contribution in [0.3, 0.4) is 0 Å². The van der Waals surface area contributed by atoms with Gasteiger partial charge in [-0.15, -0.1) is 0 Å². The molecule has 11 atom stereocenters. The number of carbonyl (C=O) groups is 3. The van der Waals surface area contributed by atoms with Crippen molar-refractivity contribution in [3.63, 3.8) is 0 Å². The fraction of sp³-hybridized carbons (Fsp3) is 0.848. The van der Waals surface area contributed by atoms with Crippen molar-refractivity contribution >= 4 is 17.7 Å². The average Bonchev–Trinajstić information content (AvgIpc) is 3.34. The number of allylic oxidation sites excluding steroid dienone is 2. The fourth-order valence-corrected chi connectivity index (χ4v) is 10.5. The summed E-state index contributed by atoms with van der Waals surface area (Å²) in [4.78, 5) is 35.7. The summed E-state index contributed by atoms with van der Waals surface area (Å²) in [6.45, 7) is 14.3. The van der Waals surface area contributed by atoms with Gasteiger partial charge in [0, 0.05) is 31.3 Å². The van der Waals surface area contributed by atoms with Crippen LogP contribution in [0.2, 0.25) is 0 Å². The third-order valence-corrected chi connectivity index (χ3v) is 12.1. The van der Waals surface area contributed by atoms with Gasteiger partial charge in [0.15, 0.2) is 5.78 Å². The van der Waals surface area contributed by atoms with E-state index in [0.717, 1.165) is 42.4 Å². The van der Waals surface area contributed by atoms with Crippen molar-refractivity contribution in [3.8, 4) is 0 Å². The summed E-state index contributed by atoms with van der Waals surface area (Å²) >= 11 is 0. The van der Waals surface area contributed by atoms with Gasteiger partial charge in [0.2, 0.25) is 0 Å². The Morgan fingerprint density at radius 3 is 2.33 bits per heavy atom. The first-order valence-electron chi connectivity index (χ1n) is 15.6. The van der Waals surface area contributed by atoms with Crippen LogP contribution in [0.25, 0.3) is 0 Å². The van der Waals surface area contributed by atoms with Crippen LogP contribution in [0.4, 0.5) is 0 Å². The van der Waals surface area contributed by atoms with E-state index in [1.54, 1.807) is 6.92 Å². The molecule has 5 fully saturated rings. The molecule has 218 valence electrons. The molecule has 6 heteroatoms. The van der Waals surface area contributed by atoms with Crippen LogP contribution >= 0.6 is 0 Å². The highest BCUT2D eigenvalue weighted by molar-refractivity contribution is 5.94. The molecule has 0 radical (unpaired) electrons. The summed E-state index contributed by atoms with van der Waals surface area (Å²) in [6.07, 6.45) is 10.2. The minimum atomic E-state index is -0.284. The van der Waals surface area contributed by atoms with E-state index < -0.39 is 0 Å². The van der Waals surface area contributed by atoms with Gasteiger partial charge in [-0.3, -0.25) is 14.4 Å². The van der Waals surface area contributed by atoms with Crippen molar-refractivity contribution < 1.29 is 28.6 Å². The predicted molar refractivity (Wildman–Crippen MR) is 148 cm³/mol. The first kappa shape index (κ1) is 28.7. The Bertz CT molecular complexity index is 1030. The van der Waals surface area contributed by atoms with Crippen molar-refractivity contribution in [1.29, 1.82) is 0 Å². The second kappa shape index (κ2) is 10.5. The van der Waals surface area contributed by atoms with E-state index in [2.05, 4.69) is 20.8 Å². The number of fused-ring (bicyclic) bond motifs is 7. The van der Waals surface area contributed by atoms with Gasteiger partial charge in [0.1, 0.15) is 18.0 Å². The molecule has 0 aromatic heterocycles. The van der Waals surface area contributed by atoms with E-state index in [1.165, 1.54) is 46.0 Å². The minimum absolute atomic E-state index is 0.0715. The second-order valence-electron chi connectivity index (χ2n) is 14.4. The third-order valence-electron chi connectivity index (χ3n) is 12.1. The lowest BCUT2D eigenvalue weighted by atomic mass is 9.44. The Balaban J connectivity index is 1.33. The zero-order valence-electron chi connectivity index (χ0n) is 25.2. The molecular formula is C33H50O6. The molecule has 0 aromatic carbocycles. The number of Topliss-reactive ketones (excluding diaryl/α,β-unsaturated/α-hetero) is 1. The van der Waals surface area contributed by atoms with Gasteiger partial charge in [-0.05, 0) is 105 Å². The monoisotopic (exact) mass is 542 g/mol. The van der Waals surface area contributed by atoms with E-state index in [0.29, 0.717) is 36.2 Å². The van der Waals surface area contributed by atoms with Gasteiger partial charge in [-0.2, -0.15) is 0 Å². The van der Waals surface area contributed by atoms with Gasteiger partial charge in [0.05, 0.1) is 6.61 Å². The Hall–Kier alpha value is -1.85. The summed E-state index contributed by atoms with van der Waals surface area (Å²) in [5.41, 5.74) is 1.37. The quantitative estimate of drug-likeness (QED) is 0.276. The molecule has 0 amide bonds. The lowest BCUT2D eigenvalue weighted by Crippen LogP contribution is -2.54. The van der Waals surface area contributed by atoms with Crippen molar-refractivity contribution in [1.82, 2.24) is 0 Å². The van der Waals surface area contributed by atoms with Crippen molar-refractivity contribution in [2.45, 2.75) is 118 Å². The number of esters is 2. The minimum Gasteiger partial charge on any atom is -0.494 e. The molecule has 0 spiro atoms. The Morgan fingerprint density at radius 1 is 0.949 bits per heavy atom. The molecule has 1 heterocycles. The third kappa shape index (κ3) is 4.96. The number of rotatable bonds is 6. The van der Waals surface area contributed by atoms with Gasteiger partial charge >= 0.3 is 11.9 Å². The Labute approximate surface area is 235 Å². The van der Waals surface area contributed by atoms with Gasteiger partial charge in [-0.1, -0.05) is 27.7 Å². The Morgan fingerprint density at radius 2 is 1.67 bits per heavy atom. The van der Waals surface area contributed by atoms with Crippen LogP contribution < -0.4 is 0 Å². The van der Waals surface area contributed by atoms with Crippen molar-refractivity contribution in [2.75, 3.05) is 6.61 Å². The summed E-state index contributed by atoms with van der Waals surface area (Å²) in [5, 5.41) is 0. The van der Waals surface area contributed by atoms with E-state index in [9.17, 15) is 14.4 Å². The van der Waals surface area contributed by atoms with Crippen LogP contribution in [-0.4, -0.2) is 36.5 Å². The van der Waals surface area contributed by atoms with Gasteiger partial charge in [0.25, 0.3) is 0 Å². The fourth-order valence-electron chi connectivity index (χ4n) is 10.5. The molecule has 0 N–H and O–H groups in total. The topological polar surface area (TPSA) is 78.9 Å². The molecule has 1 aliphatic heterocycles. The number of hydrogen-bond acceptors (Lipinski definition) is 6. The number of hydrogen-bond donors (Lipinski definition) is 0. The average molecular weight is 543 g/mol. The summed E-state index contributed by atoms with van der Waals surface area (Å²) in [5.74, 6) is 4.11. The second-order valence-corrected chi connectivity index (χ2v) is 14.4. The molecular weight excluding hydrogens is 492 g/mol. The molecule has 39 heavy (non-hydrogen) atoms. The maximum Gasteiger partial charge on any atom is 0.302 e. The van der Waals surface area contributed by atoms with Crippen LogP contribution in [0, 0.1) is 52.3 Å². The predicted octanol–water partition coefficient (Wildman–Crippen LogP) is 6.65. The highest BCUT2D eigenvalue weighted by atomic mass is 16.5. The van der Waals surface area contributed by atoms with Crippen LogP contribution in [0.15, 0.2) is 11.3 Å². The van der Waals surface area contributed by atoms with Gasteiger partial charge in [-0.25, -0.2) is 0 Å². The van der Waals surface area contributed by atoms with E-state index in [4.69, 9.17) is 14.2 Å². The molecule has 5 aliphatic rings. The SMILES string of the molecule is CC(=O)OC[C@@H](C)C/C(C(C)=O)=C1/O[C@H]2C[C@H]3[C@@H]4CC[C@@H]5C[C@@H](OC(C)=O)CC[C@]5(C)[C@H]4CC[C@]3(C)[C@H]2[C@@H]1C. The van der Waals surface area contributed by atoms with E-state index >= 15 is 0 Å². The largest absolute Gasteiger partial charge is 0.494 e. The lowest BCUT2D eigenvalue weighted by Gasteiger charge is -2.61. The lowest BCUT2D eigenvalue weighted by molar-refractivity contribution is -0.160. The molecule has 6 nitrogen and oxygen atoms in total. The first-order chi connectivity index (χ1) is 18.3. The summed E-state index contributed by atoms with van der Waals surface area (Å²) in [6, 6.07) is 0. The first-order valence-corrected chi connectivity index (χ1v) is 15.6. The number of ketones is 1. The number of ether oxygens (including phenoxy) is 3. The maximum absolute atomic E-state index is 12.8. The van der Waals surface area contributed by atoms with Crippen LogP contribution in [0.1, 0.15) is 106 Å². The number of carbonyl (C=O) groups excluding carboxylic acids is 3. The van der Waals surface area contributed by atoms with Crippen molar-refractivity contribution in [2.24, 2.45) is 52.3 Å². The highest BCUT2D eigenvalue weighted by Gasteiger charge is 2.66. The molecule has 0 unspecified atom stereocenters. The molecule has 4 aliphatic carbocycles. The van der Waals surface area contributed by atoms with E-state index in [-0.39, 0.29) is 47.2 Å². The van der Waals surface area contributed by atoms with E-state index in [1.807, 2.05) is 6.92 Å². The molecule has 4 saturated carbocycles. The van der Waals surface area contributed by atoms with Crippen LogP contribution in [-0.2, 0) is 28.6 Å². The van der Waals surface area contributed by atoms with Crippen LogP contribution in [0.5, 0.6) is 0 Å². The zero-order chi connectivity index (χ0) is 28.3. The normalized spacial score (nSPS) is 44.6. The summed E-state index contributed by atoms with van der Waals surface area (Å²) < 4.78 is 17.6. The Kier molecular flexibility index (Phi) is 7.74. The van der Waals surface area contributed by atoms with Crippen molar-refractivity contribution in [3.05, 3.63) is 11.3 Å². The summed E-state index contributed by atoms with van der Waals surface area (Å²) in [7, 11) is 0. The molecule has 1 saturated heterocycles. The van der Waals surface area contributed by atoms with Gasteiger partial charge < -0.3 is 14.2 Å². The zero-order valence-corrected chi connectivity index (χ0v) is 25.2. The smallest absolute Gasteiger partial charge is 0.302 e. The molecule has 0 aromatic rings. The highest BCUT2D eigenvalue weighted by Crippen LogP contribution is 2.70. The standard InChI is InChI=1S/C33H50O6/c1-18(17-37-21(4)35)14-26(20(3)34)31-19(2)30-29(39-31)16-28-25-9-8-23-15-24(38-22(5)36)10-12-32(23,6)27(25)11-13-33(28,30)7/h18-19,23-25,27-30H,8-17H2,1-7H3/b31-26-/t18-,19-,23+,24-,25+,27-,28-,29-,30-,32-,33-/m0/s1.